The van der Waals surface area contributed by atoms with Crippen molar-refractivity contribution in [3.8, 4) is 0 Å². The lowest BCUT2D eigenvalue weighted by molar-refractivity contribution is -0.120. The monoisotopic (exact) mass is 331 g/mol. The van der Waals surface area contributed by atoms with E-state index in [0.29, 0.717) is 11.6 Å². The van der Waals surface area contributed by atoms with E-state index in [1.54, 1.807) is 13.2 Å². The zero-order valence-electron chi connectivity index (χ0n) is 13.5. The second kappa shape index (κ2) is 7.97. The van der Waals surface area contributed by atoms with E-state index in [1.807, 2.05) is 48.7 Å². The van der Waals surface area contributed by atoms with E-state index in [9.17, 15) is 9.59 Å². The number of hydrogen-bond acceptors (Lipinski definition) is 4. The molecule has 1 unspecified atom stereocenters. The van der Waals surface area contributed by atoms with E-state index in [-0.39, 0.29) is 22.8 Å². The molecule has 122 valence electrons. The highest BCUT2D eigenvalue weighted by atomic mass is 32.2. The molecule has 0 radical (unpaired) electrons. The van der Waals surface area contributed by atoms with E-state index in [4.69, 9.17) is 0 Å². The van der Waals surface area contributed by atoms with Gasteiger partial charge in [0.1, 0.15) is 0 Å². The number of hydrogen-bond donors (Lipinski definition) is 1. The van der Waals surface area contributed by atoms with Gasteiger partial charge in [0, 0.05) is 25.4 Å². The van der Waals surface area contributed by atoms with Gasteiger partial charge in [-0.1, -0.05) is 42.1 Å². The first-order valence-corrected chi connectivity index (χ1v) is 8.40. The molecule has 1 aromatic carbocycles. The van der Waals surface area contributed by atoms with Crippen LogP contribution < -0.4 is 10.9 Å². The minimum Gasteiger partial charge on any atom is -0.358 e. The molecule has 1 amide bonds. The van der Waals surface area contributed by atoms with Crippen molar-refractivity contribution >= 4 is 17.7 Å². The lowest BCUT2D eigenvalue weighted by Gasteiger charge is -2.19. The molecule has 1 heterocycles. The SMILES string of the molecule is CNC(=O)C(Cc1ccccc1)Sc1nc(=O)ccn1C(C)C. The van der Waals surface area contributed by atoms with Crippen LogP contribution in [0.2, 0.25) is 0 Å². The predicted molar refractivity (Wildman–Crippen MR) is 92.7 cm³/mol. The number of carbonyl (C=O) groups is 1. The maximum Gasteiger partial charge on any atom is 0.273 e. The summed E-state index contributed by atoms with van der Waals surface area (Å²) in [7, 11) is 1.62. The number of carbonyl (C=O) groups excluding carboxylic acids is 1. The molecule has 0 aliphatic rings. The molecule has 5 nitrogen and oxygen atoms in total. The maximum atomic E-state index is 12.2. The van der Waals surface area contributed by atoms with Gasteiger partial charge in [-0.15, -0.1) is 0 Å². The molecule has 1 N–H and O–H groups in total. The van der Waals surface area contributed by atoms with Crippen LogP contribution >= 0.6 is 11.8 Å². The molecule has 0 spiro atoms. The maximum absolute atomic E-state index is 12.2. The third kappa shape index (κ3) is 4.69. The minimum absolute atomic E-state index is 0.0766. The predicted octanol–water partition coefficient (Wildman–Crippen LogP) is 2.27. The van der Waals surface area contributed by atoms with E-state index >= 15 is 0 Å². The van der Waals surface area contributed by atoms with Gasteiger partial charge in [-0.3, -0.25) is 9.59 Å². The molecular formula is C17H21N3O2S. The van der Waals surface area contributed by atoms with Gasteiger partial charge in [0.05, 0.1) is 5.25 Å². The topological polar surface area (TPSA) is 64.0 Å². The van der Waals surface area contributed by atoms with Crippen LogP contribution in [0.3, 0.4) is 0 Å². The minimum atomic E-state index is -0.346. The first-order valence-electron chi connectivity index (χ1n) is 7.52. The number of nitrogens with zero attached hydrogens (tertiary/aromatic N) is 2. The van der Waals surface area contributed by atoms with Crippen LogP contribution in [0.15, 0.2) is 52.5 Å². The largest absolute Gasteiger partial charge is 0.358 e. The Labute approximate surface area is 140 Å². The van der Waals surface area contributed by atoms with E-state index in [2.05, 4.69) is 10.3 Å². The number of benzene rings is 1. The zero-order valence-corrected chi connectivity index (χ0v) is 14.3. The average Bonchev–Trinajstić information content (AvgIpc) is 2.54. The molecule has 2 rings (SSSR count). The normalized spacial score (nSPS) is 12.2. The highest BCUT2D eigenvalue weighted by molar-refractivity contribution is 8.00. The third-order valence-corrected chi connectivity index (χ3v) is 4.59. The Kier molecular flexibility index (Phi) is 5.98. The van der Waals surface area contributed by atoms with Crippen molar-refractivity contribution in [2.45, 2.75) is 36.7 Å². The summed E-state index contributed by atoms with van der Waals surface area (Å²) in [6.45, 7) is 4.03. The van der Waals surface area contributed by atoms with E-state index < -0.39 is 0 Å². The number of rotatable bonds is 6. The molecule has 0 bridgehead atoms. The van der Waals surface area contributed by atoms with Crippen LogP contribution in [0.25, 0.3) is 0 Å². The van der Waals surface area contributed by atoms with Gasteiger partial charge in [0.2, 0.25) is 5.91 Å². The second-order valence-corrected chi connectivity index (χ2v) is 6.63. The lowest BCUT2D eigenvalue weighted by Crippen LogP contribution is -2.32. The molecule has 2 aromatic rings. The van der Waals surface area contributed by atoms with Gasteiger partial charge < -0.3 is 9.88 Å². The number of aromatic nitrogens is 2. The fourth-order valence-electron chi connectivity index (χ4n) is 2.18. The molecule has 23 heavy (non-hydrogen) atoms. The van der Waals surface area contributed by atoms with Crippen molar-refractivity contribution in [1.29, 1.82) is 0 Å². The van der Waals surface area contributed by atoms with Crippen LogP contribution in [-0.4, -0.2) is 27.8 Å². The zero-order chi connectivity index (χ0) is 16.8. The number of amides is 1. The van der Waals surface area contributed by atoms with Gasteiger partial charge in [0.15, 0.2) is 5.16 Å². The number of nitrogens with one attached hydrogen (secondary N) is 1. The molecule has 0 aliphatic heterocycles. The van der Waals surface area contributed by atoms with Crippen molar-refractivity contribution in [3.63, 3.8) is 0 Å². The Balaban J connectivity index is 2.29. The summed E-state index contributed by atoms with van der Waals surface area (Å²) < 4.78 is 1.91. The fourth-order valence-corrected chi connectivity index (χ4v) is 3.47. The smallest absolute Gasteiger partial charge is 0.273 e. The van der Waals surface area contributed by atoms with Crippen molar-refractivity contribution in [3.05, 3.63) is 58.5 Å². The van der Waals surface area contributed by atoms with Crippen molar-refractivity contribution in [2.24, 2.45) is 0 Å². The van der Waals surface area contributed by atoms with Crippen molar-refractivity contribution in [2.75, 3.05) is 7.05 Å². The second-order valence-electron chi connectivity index (χ2n) is 5.46. The molecule has 1 atom stereocenters. The Morgan fingerprint density at radius 3 is 2.57 bits per heavy atom. The summed E-state index contributed by atoms with van der Waals surface area (Å²) >= 11 is 1.33. The summed E-state index contributed by atoms with van der Waals surface area (Å²) in [6, 6.07) is 11.4. The summed E-state index contributed by atoms with van der Waals surface area (Å²) in [5.74, 6) is -0.0766. The van der Waals surface area contributed by atoms with Crippen LogP contribution in [0, 0.1) is 0 Å². The van der Waals surface area contributed by atoms with Crippen LogP contribution in [0.4, 0.5) is 0 Å². The molecule has 0 saturated carbocycles. The Morgan fingerprint density at radius 1 is 1.26 bits per heavy atom. The highest BCUT2D eigenvalue weighted by Crippen LogP contribution is 2.25. The van der Waals surface area contributed by atoms with Gasteiger partial charge in [0.25, 0.3) is 5.56 Å². The summed E-state index contributed by atoms with van der Waals surface area (Å²) in [5.41, 5.74) is 0.780. The van der Waals surface area contributed by atoms with Gasteiger partial charge >= 0.3 is 0 Å². The standard InChI is InChI=1S/C17H21N3O2S/c1-12(2)20-10-9-15(21)19-17(20)23-14(16(22)18-3)11-13-7-5-4-6-8-13/h4-10,12,14H,11H2,1-3H3,(H,18,22). The summed E-state index contributed by atoms with van der Waals surface area (Å²) in [4.78, 5) is 27.9. The Hall–Kier alpha value is -2.08. The fraction of sp³-hybridized carbons (Fsp3) is 0.353. The first-order chi connectivity index (χ1) is 11.0. The number of thioether (sulfide) groups is 1. The van der Waals surface area contributed by atoms with Crippen molar-refractivity contribution < 1.29 is 4.79 Å². The molecule has 0 saturated heterocycles. The van der Waals surface area contributed by atoms with E-state index in [0.717, 1.165) is 5.56 Å². The van der Waals surface area contributed by atoms with Crippen LogP contribution in [0.5, 0.6) is 0 Å². The molecule has 6 heteroatoms. The summed E-state index contributed by atoms with van der Waals surface area (Å²) in [6.07, 6.45) is 2.31. The average molecular weight is 331 g/mol. The van der Waals surface area contributed by atoms with Gasteiger partial charge in [-0.2, -0.15) is 4.98 Å². The van der Waals surface area contributed by atoms with Gasteiger partial charge in [-0.25, -0.2) is 0 Å². The van der Waals surface area contributed by atoms with Crippen LogP contribution in [0.1, 0.15) is 25.5 Å². The third-order valence-electron chi connectivity index (χ3n) is 3.41. The van der Waals surface area contributed by atoms with E-state index in [1.165, 1.54) is 17.8 Å². The quantitative estimate of drug-likeness (QED) is 0.651. The Morgan fingerprint density at radius 2 is 1.96 bits per heavy atom. The molecule has 0 fully saturated rings. The summed E-state index contributed by atoms with van der Waals surface area (Å²) in [5, 5.41) is 2.91. The lowest BCUT2D eigenvalue weighted by atomic mass is 10.1. The van der Waals surface area contributed by atoms with Crippen LogP contribution in [-0.2, 0) is 11.2 Å². The van der Waals surface area contributed by atoms with Gasteiger partial charge in [-0.05, 0) is 25.8 Å². The molecule has 1 aromatic heterocycles. The van der Waals surface area contributed by atoms with Crippen molar-refractivity contribution in [1.82, 2.24) is 14.9 Å². The molecular weight excluding hydrogens is 310 g/mol. The first kappa shape index (κ1) is 17.3. The molecule has 0 aliphatic carbocycles. The highest BCUT2D eigenvalue weighted by Gasteiger charge is 2.22. The Bertz CT molecular complexity index is 713.